The number of aliphatic carboxylic acids is 2. The lowest BCUT2D eigenvalue weighted by molar-refractivity contribution is -0.165. The number of hydrogen-bond acceptors (Lipinski definition) is 10. The minimum absolute atomic E-state index is 0.270. The van der Waals surface area contributed by atoms with E-state index in [-0.39, 0.29) is 12.8 Å². The molecule has 0 bridgehead atoms. The Kier molecular flexibility index (Phi) is 9.59. The van der Waals surface area contributed by atoms with E-state index in [4.69, 9.17) is 21.7 Å². The van der Waals surface area contributed by atoms with Gasteiger partial charge in [-0.1, -0.05) is 0 Å². The summed E-state index contributed by atoms with van der Waals surface area (Å²) >= 11 is 0. The lowest BCUT2D eigenvalue weighted by Gasteiger charge is -2.07. The van der Waals surface area contributed by atoms with E-state index in [0.717, 1.165) is 0 Å². The Bertz CT molecular complexity index is 511. The van der Waals surface area contributed by atoms with Crippen molar-refractivity contribution in [3.63, 3.8) is 0 Å². The number of carbonyl (C=O) groups is 6. The van der Waals surface area contributed by atoms with Crippen LogP contribution in [-0.2, 0) is 38.2 Å². The second-order valence-electron chi connectivity index (χ2n) is 4.84. The van der Waals surface area contributed by atoms with Gasteiger partial charge in [0.2, 0.25) is 0 Å². The molecule has 0 spiro atoms. The molecule has 0 heterocycles. The number of carbonyl (C=O) groups excluding carboxylic acids is 4. The average molecular weight is 362 g/mol. The summed E-state index contributed by atoms with van der Waals surface area (Å²) in [6.45, 7) is 0. The first-order valence-corrected chi connectivity index (χ1v) is 6.96. The van der Waals surface area contributed by atoms with E-state index in [1.54, 1.807) is 0 Å². The number of ether oxygens (including phenoxy) is 2. The van der Waals surface area contributed by atoms with Crippen LogP contribution in [0, 0.1) is 0 Å². The minimum Gasteiger partial charge on any atom is -0.480 e. The van der Waals surface area contributed by atoms with Gasteiger partial charge in [-0.2, -0.15) is 0 Å². The summed E-state index contributed by atoms with van der Waals surface area (Å²) in [6.07, 6.45) is -2.49. The molecule has 0 saturated carbocycles. The summed E-state index contributed by atoms with van der Waals surface area (Å²) in [5, 5.41) is 17.0. The first kappa shape index (κ1) is 22.1. The zero-order valence-corrected chi connectivity index (χ0v) is 13.0. The lowest BCUT2D eigenvalue weighted by atomic mass is 10.2. The standard InChI is InChI=1S/C13H18N2O10/c14-6(12(20)21)1-3-8(16)24-10(18)5-11(19)25-9(17)4-2-7(15)13(22)23/h6-7H,1-5,14-15H2,(H,20,21)(H,22,23)/t6-,7-/m0/s1. The monoisotopic (exact) mass is 362 g/mol. The molecule has 0 radical (unpaired) electrons. The van der Waals surface area contributed by atoms with E-state index >= 15 is 0 Å². The number of hydrogen-bond donors (Lipinski definition) is 4. The van der Waals surface area contributed by atoms with E-state index in [1.165, 1.54) is 0 Å². The van der Waals surface area contributed by atoms with Crippen LogP contribution in [0.25, 0.3) is 0 Å². The van der Waals surface area contributed by atoms with Crippen LogP contribution < -0.4 is 11.5 Å². The van der Waals surface area contributed by atoms with Crippen molar-refractivity contribution in [2.45, 2.75) is 44.2 Å². The molecule has 6 N–H and O–H groups in total. The maximum absolute atomic E-state index is 11.3. The molecule has 0 aliphatic carbocycles. The minimum atomic E-state index is -1.33. The quantitative estimate of drug-likeness (QED) is 0.243. The Hall–Kier alpha value is -2.86. The number of carboxylic acids is 2. The number of nitrogens with two attached hydrogens (primary N) is 2. The summed E-state index contributed by atoms with van der Waals surface area (Å²) < 4.78 is 8.45. The summed E-state index contributed by atoms with van der Waals surface area (Å²) in [7, 11) is 0. The molecule has 140 valence electrons. The normalized spacial score (nSPS) is 12.6. The fourth-order valence-electron chi connectivity index (χ4n) is 1.34. The van der Waals surface area contributed by atoms with Gasteiger partial charge in [-0.3, -0.25) is 28.8 Å². The van der Waals surface area contributed by atoms with Crippen molar-refractivity contribution < 1.29 is 48.5 Å². The molecule has 25 heavy (non-hydrogen) atoms. The molecule has 0 aromatic carbocycles. The molecule has 0 aromatic heterocycles. The predicted octanol–water partition coefficient (Wildman–Crippen LogP) is -2.10. The molecule has 12 heteroatoms. The van der Waals surface area contributed by atoms with Crippen LogP contribution >= 0.6 is 0 Å². The summed E-state index contributed by atoms with van der Waals surface area (Å²) in [4.78, 5) is 65.9. The molecular formula is C13H18N2O10. The van der Waals surface area contributed by atoms with Gasteiger partial charge >= 0.3 is 35.8 Å². The Morgan fingerprint density at radius 1 is 0.680 bits per heavy atom. The van der Waals surface area contributed by atoms with Gasteiger partial charge in [0.05, 0.1) is 0 Å². The van der Waals surface area contributed by atoms with Gasteiger partial charge < -0.3 is 31.2 Å². The first-order valence-electron chi connectivity index (χ1n) is 6.96. The maximum Gasteiger partial charge on any atom is 0.324 e. The zero-order valence-electron chi connectivity index (χ0n) is 13.0. The Morgan fingerprint density at radius 2 is 1.00 bits per heavy atom. The third-order valence-corrected chi connectivity index (χ3v) is 2.70. The molecule has 0 aromatic rings. The molecule has 0 aliphatic heterocycles. The highest BCUT2D eigenvalue weighted by Crippen LogP contribution is 2.02. The van der Waals surface area contributed by atoms with Crippen molar-refractivity contribution in [1.82, 2.24) is 0 Å². The Balaban J connectivity index is 4.11. The predicted molar refractivity (Wildman–Crippen MR) is 76.5 cm³/mol. The van der Waals surface area contributed by atoms with Crippen molar-refractivity contribution in [2.75, 3.05) is 0 Å². The molecule has 0 amide bonds. The van der Waals surface area contributed by atoms with E-state index in [1.807, 2.05) is 0 Å². The summed E-state index contributed by atoms with van der Waals surface area (Å²) in [6, 6.07) is -2.61. The molecule has 0 rings (SSSR count). The maximum atomic E-state index is 11.3. The largest absolute Gasteiger partial charge is 0.480 e. The molecule has 12 nitrogen and oxygen atoms in total. The highest BCUT2D eigenvalue weighted by molar-refractivity contribution is 5.99. The van der Waals surface area contributed by atoms with Crippen LogP contribution in [0.1, 0.15) is 32.1 Å². The second kappa shape index (κ2) is 10.8. The Morgan fingerprint density at radius 3 is 1.28 bits per heavy atom. The van der Waals surface area contributed by atoms with Gasteiger partial charge in [0.1, 0.15) is 18.5 Å². The van der Waals surface area contributed by atoms with Gasteiger partial charge in [0.15, 0.2) is 0 Å². The molecule has 0 unspecified atom stereocenters. The Labute approximate surface area is 141 Å². The fraction of sp³-hybridized carbons (Fsp3) is 0.538. The lowest BCUT2D eigenvalue weighted by Crippen LogP contribution is -2.31. The van der Waals surface area contributed by atoms with Crippen LogP contribution in [0.4, 0.5) is 0 Å². The van der Waals surface area contributed by atoms with Gasteiger partial charge in [0.25, 0.3) is 0 Å². The first-order chi connectivity index (χ1) is 11.5. The van der Waals surface area contributed by atoms with E-state index in [0.29, 0.717) is 0 Å². The molecule has 0 fully saturated rings. The average Bonchev–Trinajstić information content (AvgIpc) is 2.49. The number of rotatable bonds is 10. The highest BCUT2D eigenvalue weighted by atomic mass is 16.6. The molecule has 2 atom stereocenters. The van der Waals surface area contributed by atoms with E-state index in [9.17, 15) is 28.8 Å². The van der Waals surface area contributed by atoms with Crippen LogP contribution in [0.3, 0.4) is 0 Å². The topological polar surface area (TPSA) is 213 Å². The zero-order chi connectivity index (χ0) is 19.6. The van der Waals surface area contributed by atoms with Crippen LogP contribution in [0.5, 0.6) is 0 Å². The second-order valence-corrected chi connectivity index (χ2v) is 4.84. The van der Waals surface area contributed by atoms with Gasteiger partial charge in [-0.15, -0.1) is 0 Å². The summed E-state index contributed by atoms with van der Waals surface area (Å²) in [5.41, 5.74) is 10.3. The summed E-state index contributed by atoms with van der Waals surface area (Å²) in [5.74, 6) is -7.43. The molecule has 0 aliphatic rings. The van der Waals surface area contributed by atoms with Crippen molar-refractivity contribution in [2.24, 2.45) is 11.5 Å². The third kappa shape index (κ3) is 10.5. The SMILES string of the molecule is N[C@@H](CCC(=O)OC(=O)CC(=O)OC(=O)CC[C@H](N)C(=O)O)C(=O)O. The van der Waals surface area contributed by atoms with Gasteiger partial charge in [0, 0.05) is 12.8 Å². The van der Waals surface area contributed by atoms with Crippen LogP contribution in [0.15, 0.2) is 0 Å². The van der Waals surface area contributed by atoms with Crippen LogP contribution in [0.2, 0.25) is 0 Å². The van der Waals surface area contributed by atoms with Crippen molar-refractivity contribution in [3.05, 3.63) is 0 Å². The van der Waals surface area contributed by atoms with Gasteiger partial charge in [-0.05, 0) is 12.8 Å². The van der Waals surface area contributed by atoms with Gasteiger partial charge in [-0.25, -0.2) is 0 Å². The smallest absolute Gasteiger partial charge is 0.324 e. The molecule has 0 saturated heterocycles. The van der Waals surface area contributed by atoms with Crippen molar-refractivity contribution in [3.8, 4) is 0 Å². The third-order valence-electron chi connectivity index (χ3n) is 2.70. The number of carboxylic acid groups (broad SMARTS) is 2. The van der Waals surface area contributed by atoms with E-state index < -0.39 is 67.2 Å². The number of esters is 4. The van der Waals surface area contributed by atoms with E-state index in [2.05, 4.69) is 9.47 Å². The van der Waals surface area contributed by atoms with Crippen molar-refractivity contribution in [1.29, 1.82) is 0 Å². The van der Waals surface area contributed by atoms with Crippen molar-refractivity contribution >= 4 is 35.8 Å². The van der Waals surface area contributed by atoms with Crippen LogP contribution in [-0.4, -0.2) is 58.1 Å². The highest BCUT2D eigenvalue weighted by Gasteiger charge is 2.21. The fourth-order valence-corrected chi connectivity index (χ4v) is 1.34. The molecular weight excluding hydrogens is 344 g/mol.